The zero-order valence-corrected chi connectivity index (χ0v) is 10.2. The molecule has 16 heavy (non-hydrogen) atoms. The number of hydrogen-bond donors (Lipinski definition) is 1. The monoisotopic (exact) mass is 220 g/mol. The highest BCUT2D eigenvalue weighted by molar-refractivity contribution is 5.20. The zero-order valence-electron chi connectivity index (χ0n) is 10.2. The number of nitrogens with zero attached hydrogens (tertiary/aromatic N) is 1. The van der Waals surface area contributed by atoms with Gasteiger partial charge in [-0.1, -0.05) is 26.0 Å². The third-order valence-electron chi connectivity index (χ3n) is 2.08. The topological polar surface area (TPSA) is 34.1 Å². The normalized spacial score (nSPS) is 11.2. The highest BCUT2D eigenvalue weighted by Crippen LogP contribution is 2.09. The second-order valence-electron chi connectivity index (χ2n) is 3.92. The number of aromatic nitrogens is 1. The summed E-state index contributed by atoms with van der Waals surface area (Å²) >= 11 is 0. The number of pyridine rings is 1. The second-order valence-corrected chi connectivity index (χ2v) is 3.92. The van der Waals surface area contributed by atoms with E-state index in [1.54, 1.807) is 6.20 Å². The zero-order chi connectivity index (χ0) is 11.8. The molecule has 0 fully saturated rings. The van der Waals surface area contributed by atoms with E-state index in [-0.39, 0.29) is 0 Å². The Bertz CT molecular complexity index is 334. The van der Waals surface area contributed by atoms with Crippen LogP contribution in [-0.2, 0) is 6.54 Å². The van der Waals surface area contributed by atoms with Gasteiger partial charge in [-0.15, -0.1) is 0 Å². The molecule has 1 aromatic rings. The fraction of sp³-hybridized carbons (Fsp3) is 0.462. The summed E-state index contributed by atoms with van der Waals surface area (Å²) in [6, 6.07) is 4.46. The average Bonchev–Trinajstić information content (AvgIpc) is 2.27. The number of nitrogens with one attached hydrogen (secondary N) is 1. The van der Waals surface area contributed by atoms with Crippen molar-refractivity contribution in [3.05, 3.63) is 36.0 Å². The van der Waals surface area contributed by atoms with Gasteiger partial charge in [-0.25, -0.2) is 4.98 Å². The summed E-state index contributed by atoms with van der Waals surface area (Å²) < 4.78 is 5.47. The molecule has 0 aromatic carbocycles. The van der Waals surface area contributed by atoms with Crippen LogP contribution in [0.1, 0.15) is 26.3 Å². The lowest BCUT2D eigenvalue weighted by molar-refractivity contribution is 0.347. The van der Waals surface area contributed by atoms with Crippen LogP contribution in [0.5, 0.6) is 5.88 Å². The van der Waals surface area contributed by atoms with E-state index in [4.69, 9.17) is 4.74 Å². The molecule has 1 N–H and O–H groups in total. The molecule has 0 saturated carbocycles. The van der Waals surface area contributed by atoms with Gasteiger partial charge in [0.1, 0.15) is 6.61 Å². The van der Waals surface area contributed by atoms with Gasteiger partial charge in [-0.3, -0.25) is 0 Å². The molecule has 0 bridgehead atoms. The Kier molecular flexibility index (Phi) is 5.57. The van der Waals surface area contributed by atoms with Crippen LogP contribution in [-0.4, -0.2) is 17.6 Å². The minimum absolute atomic E-state index is 0.487. The van der Waals surface area contributed by atoms with E-state index < -0.39 is 0 Å². The van der Waals surface area contributed by atoms with Crippen LogP contribution in [0.2, 0.25) is 0 Å². The Hall–Kier alpha value is -1.35. The lowest BCUT2D eigenvalue weighted by atomic mass is 10.2. The Morgan fingerprint density at radius 3 is 3.00 bits per heavy atom. The Balaban J connectivity index is 2.50. The van der Waals surface area contributed by atoms with Crippen LogP contribution in [0.25, 0.3) is 0 Å². The van der Waals surface area contributed by atoms with Crippen LogP contribution in [0.4, 0.5) is 0 Å². The number of rotatable bonds is 6. The summed E-state index contributed by atoms with van der Waals surface area (Å²) in [6.07, 6.45) is 5.70. The van der Waals surface area contributed by atoms with Crippen LogP contribution in [0.15, 0.2) is 30.5 Å². The van der Waals surface area contributed by atoms with Crippen molar-refractivity contribution in [2.75, 3.05) is 6.61 Å². The lowest BCUT2D eigenvalue weighted by Crippen LogP contribution is -2.21. The molecule has 0 aliphatic rings. The Morgan fingerprint density at radius 2 is 2.31 bits per heavy atom. The molecule has 1 heterocycles. The van der Waals surface area contributed by atoms with E-state index in [0.717, 1.165) is 6.54 Å². The molecule has 0 saturated heterocycles. The molecule has 0 atom stereocenters. The third kappa shape index (κ3) is 4.94. The van der Waals surface area contributed by atoms with Gasteiger partial charge in [-0.05, 0) is 18.6 Å². The fourth-order valence-electron chi connectivity index (χ4n) is 1.19. The first kappa shape index (κ1) is 12.7. The van der Waals surface area contributed by atoms with E-state index >= 15 is 0 Å². The van der Waals surface area contributed by atoms with Gasteiger partial charge < -0.3 is 10.1 Å². The van der Waals surface area contributed by atoms with E-state index in [9.17, 15) is 0 Å². The maximum absolute atomic E-state index is 5.47. The standard InChI is InChI=1S/C13H20N2O/c1-4-5-8-16-13-9-12(6-7-14-13)10-15-11(2)3/h4-7,9,11,15H,8,10H2,1-3H3. The summed E-state index contributed by atoms with van der Waals surface area (Å²) in [5.74, 6) is 0.682. The SMILES string of the molecule is CC=CCOc1cc(CNC(C)C)ccn1. The number of ether oxygens (including phenoxy) is 1. The van der Waals surface area contributed by atoms with Crippen molar-refractivity contribution in [2.24, 2.45) is 0 Å². The van der Waals surface area contributed by atoms with E-state index in [2.05, 4.69) is 24.1 Å². The highest BCUT2D eigenvalue weighted by atomic mass is 16.5. The quantitative estimate of drug-likeness (QED) is 0.748. The van der Waals surface area contributed by atoms with E-state index in [1.807, 2.05) is 31.2 Å². The van der Waals surface area contributed by atoms with Crippen molar-refractivity contribution in [3.63, 3.8) is 0 Å². The Morgan fingerprint density at radius 1 is 1.50 bits per heavy atom. The summed E-state index contributed by atoms with van der Waals surface area (Å²) in [7, 11) is 0. The molecule has 0 spiro atoms. The van der Waals surface area contributed by atoms with Crippen molar-refractivity contribution < 1.29 is 4.74 Å². The number of hydrogen-bond acceptors (Lipinski definition) is 3. The van der Waals surface area contributed by atoms with Crippen molar-refractivity contribution in [3.8, 4) is 5.88 Å². The van der Waals surface area contributed by atoms with Gasteiger partial charge >= 0.3 is 0 Å². The molecule has 0 radical (unpaired) electrons. The van der Waals surface area contributed by atoms with Crippen molar-refractivity contribution in [2.45, 2.75) is 33.4 Å². The summed E-state index contributed by atoms with van der Waals surface area (Å²) in [6.45, 7) is 7.65. The molecular weight excluding hydrogens is 200 g/mol. The van der Waals surface area contributed by atoms with E-state index in [0.29, 0.717) is 18.5 Å². The van der Waals surface area contributed by atoms with Crippen LogP contribution in [0.3, 0.4) is 0 Å². The van der Waals surface area contributed by atoms with Gasteiger partial charge in [-0.2, -0.15) is 0 Å². The molecular formula is C13H20N2O. The van der Waals surface area contributed by atoms with Gasteiger partial charge in [0.2, 0.25) is 5.88 Å². The summed E-state index contributed by atoms with van der Waals surface area (Å²) in [4.78, 5) is 4.15. The maximum Gasteiger partial charge on any atom is 0.213 e. The average molecular weight is 220 g/mol. The summed E-state index contributed by atoms with van der Waals surface area (Å²) in [5, 5.41) is 3.36. The first-order valence-electron chi connectivity index (χ1n) is 5.64. The molecule has 0 unspecified atom stereocenters. The van der Waals surface area contributed by atoms with E-state index in [1.165, 1.54) is 5.56 Å². The molecule has 1 rings (SSSR count). The van der Waals surface area contributed by atoms with Gasteiger partial charge in [0.25, 0.3) is 0 Å². The van der Waals surface area contributed by atoms with Crippen molar-refractivity contribution in [1.82, 2.24) is 10.3 Å². The van der Waals surface area contributed by atoms with Crippen LogP contribution >= 0.6 is 0 Å². The van der Waals surface area contributed by atoms with Crippen molar-refractivity contribution >= 4 is 0 Å². The van der Waals surface area contributed by atoms with Crippen LogP contribution < -0.4 is 10.1 Å². The Labute approximate surface area is 97.5 Å². The molecule has 0 aliphatic carbocycles. The third-order valence-corrected chi connectivity index (χ3v) is 2.08. The lowest BCUT2D eigenvalue weighted by Gasteiger charge is -2.09. The number of allylic oxidation sites excluding steroid dienone is 1. The van der Waals surface area contributed by atoms with Gasteiger partial charge in [0, 0.05) is 24.8 Å². The first-order chi connectivity index (χ1) is 7.72. The van der Waals surface area contributed by atoms with Crippen molar-refractivity contribution in [1.29, 1.82) is 0 Å². The highest BCUT2D eigenvalue weighted by Gasteiger charge is 1.98. The molecule has 3 nitrogen and oxygen atoms in total. The predicted octanol–water partition coefficient (Wildman–Crippen LogP) is 2.53. The molecule has 3 heteroatoms. The minimum Gasteiger partial charge on any atom is -0.473 e. The second kappa shape index (κ2) is 7.01. The maximum atomic E-state index is 5.47. The predicted molar refractivity (Wildman–Crippen MR) is 66.5 cm³/mol. The minimum atomic E-state index is 0.487. The molecule has 88 valence electrons. The molecule has 1 aromatic heterocycles. The smallest absolute Gasteiger partial charge is 0.213 e. The van der Waals surface area contributed by atoms with Gasteiger partial charge in [0.05, 0.1) is 0 Å². The molecule has 0 aliphatic heterocycles. The summed E-state index contributed by atoms with van der Waals surface area (Å²) in [5.41, 5.74) is 1.19. The fourth-order valence-corrected chi connectivity index (χ4v) is 1.19. The van der Waals surface area contributed by atoms with Crippen LogP contribution in [0, 0.1) is 0 Å². The van der Waals surface area contributed by atoms with Gasteiger partial charge in [0.15, 0.2) is 0 Å². The largest absolute Gasteiger partial charge is 0.473 e. The molecule has 0 amide bonds. The first-order valence-corrected chi connectivity index (χ1v) is 5.64.